The minimum atomic E-state index is -0.216. The number of carbonyl (C=O) groups excluding carboxylic acids is 2. The van der Waals surface area contributed by atoms with Gasteiger partial charge in [0.1, 0.15) is 11.5 Å². The molecule has 2 aliphatic carbocycles. The maximum atomic E-state index is 12.7. The van der Waals surface area contributed by atoms with Gasteiger partial charge in [0.15, 0.2) is 0 Å². The van der Waals surface area contributed by atoms with E-state index in [1.807, 2.05) is 24.3 Å². The van der Waals surface area contributed by atoms with Gasteiger partial charge in [-0.15, -0.1) is 0 Å². The highest BCUT2D eigenvalue weighted by molar-refractivity contribution is 6.35. The summed E-state index contributed by atoms with van der Waals surface area (Å²) in [4.78, 5) is 24.8. The Morgan fingerprint density at radius 1 is 1.00 bits per heavy atom. The van der Waals surface area contributed by atoms with E-state index in [0.29, 0.717) is 29.4 Å². The van der Waals surface area contributed by atoms with E-state index < -0.39 is 0 Å². The van der Waals surface area contributed by atoms with E-state index in [9.17, 15) is 9.59 Å². The monoisotopic (exact) mass is 342 g/mol. The second-order valence-electron chi connectivity index (χ2n) is 6.91. The lowest BCUT2D eigenvalue weighted by Gasteiger charge is -2.36. The van der Waals surface area contributed by atoms with E-state index in [-0.39, 0.29) is 23.7 Å². The van der Waals surface area contributed by atoms with Gasteiger partial charge < -0.3 is 4.74 Å². The number of carbonyl (C=O) groups is 2. The van der Waals surface area contributed by atoms with Crippen LogP contribution in [0.5, 0.6) is 5.75 Å². The molecule has 0 N–H and O–H groups in total. The number of ketones is 1. The first-order valence-corrected chi connectivity index (χ1v) is 8.94. The molecule has 0 saturated heterocycles. The second kappa shape index (κ2) is 6.21. The first-order valence-electron chi connectivity index (χ1n) is 8.56. The van der Waals surface area contributed by atoms with Crippen molar-refractivity contribution < 1.29 is 14.3 Å². The number of benzene rings is 2. The van der Waals surface area contributed by atoms with Crippen LogP contribution in [0.1, 0.15) is 32.1 Å². The minimum absolute atomic E-state index is 0.0528. The van der Waals surface area contributed by atoms with Crippen LogP contribution < -0.4 is 4.74 Å². The van der Waals surface area contributed by atoms with Gasteiger partial charge in [0.25, 0.3) is 0 Å². The number of Topliss-reactive ketones (excluding diaryl/α,β-unsaturated/α-hetero) is 1. The Hall–Kier alpha value is -1.87. The largest absolute Gasteiger partial charge is 0.426 e. The van der Waals surface area contributed by atoms with Crippen molar-refractivity contribution in [3.63, 3.8) is 0 Å². The van der Waals surface area contributed by atoms with Gasteiger partial charge in [0.05, 0.1) is 5.92 Å². The first kappa shape index (κ1) is 15.6. The molecule has 2 bridgehead atoms. The Morgan fingerprint density at radius 3 is 2.38 bits per heavy atom. The summed E-state index contributed by atoms with van der Waals surface area (Å²) >= 11 is 6.22. The molecule has 0 amide bonds. The van der Waals surface area contributed by atoms with Crippen molar-refractivity contribution in [2.45, 2.75) is 32.1 Å². The molecular formula is C20H19ClO3. The Morgan fingerprint density at radius 2 is 1.67 bits per heavy atom. The molecule has 2 aromatic rings. The van der Waals surface area contributed by atoms with Gasteiger partial charge >= 0.3 is 5.97 Å². The van der Waals surface area contributed by atoms with Crippen LogP contribution in [0.15, 0.2) is 36.4 Å². The Bertz CT molecular complexity index is 798. The quantitative estimate of drug-likeness (QED) is 0.582. The van der Waals surface area contributed by atoms with Crippen molar-refractivity contribution in [2.75, 3.05) is 0 Å². The van der Waals surface area contributed by atoms with Crippen LogP contribution in [-0.4, -0.2) is 11.8 Å². The molecule has 2 atom stereocenters. The summed E-state index contributed by atoms with van der Waals surface area (Å²) in [6.07, 6.45) is 4.22. The van der Waals surface area contributed by atoms with E-state index in [0.717, 1.165) is 30.0 Å². The van der Waals surface area contributed by atoms with Crippen LogP contribution in [0, 0.1) is 17.8 Å². The predicted octanol–water partition coefficient (Wildman–Crippen LogP) is 4.79. The molecule has 0 spiro atoms. The molecule has 4 rings (SSSR count). The average Bonchev–Trinajstić information content (AvgIpc) is 2.57. The zero-order chi connectivity index (χ0) is 16.7. The summed E-state index contributed by atoms with van der Waals surface area (Å²) in [7, 11) is 0. The lowest BCUT2D eigenvalue weighted by atomic mass is 9.67. The van der Waals surface area contributed by atoms with Gasteiger partial charge in [-0.05, 0) is 37.8 Å². The smallest absolute Gasteiger partial charge is 0.314 e. The molecular weight excluding hydrogens is 324 g/mol. The Balaban J connectivity index is 1.57. The second-order valence-corrected chi connectivity index (χ2v) is 7.31. The van der Waals surface area contributed by atoms with Gasteiger partial charge in [-0.25, -0.2) is 0 Å². The highest BCUT2D eigenvalue weighted by Crippen LogP contribution is 2.41. The molecule has 0 radical (unpaired) electrons. The molecule has 0 aromatic heterocycles. The minimum Gasteiger partial charge on any atom is -0.426 e. The highest BCUT2D eigenvalue weighted by atomic mass is 35.5. The van der Waals surface area contributed by atoms with E-state index in [1.165, 1.54) is 0 Å². The summed E-state index contributed by atoms with van der Waals surface area (Å²) in [6, 6.07) is 11.1. The third-order valence-corrected chi connectivity index (χ3v) is 5.75. The standard InChI is InChI=1S/C20H19ClO3/c21-17-8-9-18(16-7-2-1-6-15(16)17)24-20(23)14-10-12-4-3-5-13(11-14)19(12)22/h1-2,6-9,12-14H,3-5,10-11H2. The van der Waals surface area contributed by atoms with Gasteiger partial charge in [-0.3, -0.25) is 9.59 Å². The SMILES string of the molecule is O=C(Oc1ccc(Cl)c2ccccc12)C1CC2CCCC(C1)C2=O. The topological polar surface area (TPSA) is 43.4 Å². The van der Waals surface area contributed by atoms with E-state index >= 15 is 0 Å². The summed E-state index contributed by atoms with van der Waals surface area (Å²) in [6.45, 7) is 0. The van der Waals surface area contributed by atoms with Crippen molar-refractivity contribution in [3.8, 4) is 5.75 Å². The number of hydrogen-bond donors (Lipinski definition) is 0. The van der Waals surface area contributed by atoms with E-state index in [2.05, 4.69) is 0 Å². The Kier molecular flexibility index (Phi) is 4.05. The molecule has 3 nitrogen and oxygen atoms in total. The van der Waals surface area contributed by atoms with Crippen molar-refractivity contribution in [1.82, 2.24) is 0 Å². The van der Waals surface area contributed by atoms with Gasteiger partial charge in [0.2, 0.25) is 0 Å². The molecule has 2 saturated carbocycles. The molecule has 0 heterocycles. The molecule has 2 aliphatic rings. The number of hydrogen-bond acceptors (Lipinski definition) is 3. The van der Waals surface area contributed by atoms with Crippen molar-refractivity contribution in [3.05, 3.63) is 41.4 Å². The Labute approximate surface area is 145 Å². The zero-order valence-electron chi connectivity index (χ0n) is 13.3. The zero-order valence-corrected chi connectivity index (χ0v) is 14.1. The van der Waals surface area contributed by atoms with Crippen LogP contribution >= 0.6 is 11.6 Å². The van der Waals surface area contributed by atoms with Gasteiger partial charge in [0, 0.05) is 27.6 Å². The molecule has 24 heavy (non-hydrogen) atoms. The molecule has 124 valence electrons. The molecule has 2 fully saturated rings. The average molecular weight is 343 g/mol. The first-order chi connectivity index (χ1) is 11.6. The fourth-order valence-electron chi connectivity index (χ4n) is 4.19. The summed E-state index contributed by atoms with van der Waals surface area (Å²) in [5.74, 6) is 0.623. The third kappa shape index (κ3) is 2.71. The van der Waals surface area contributed by atoms with Crippen LogP contribution in [-0.2, 0) is 9.59 Å². The fraction of sp³-hybridized carbons (Fsp3) is 0.400. The lowest BCUT2D eigenvalue weighted by Crippen LogP contribution is -2.40. The highest BCUT2D eigenvalue weighted by Gasteiger charge is 2.42. The summed E-state index contributed by atoms with van der Waals surface area (Å²) in [5, 5.41) is 2.36. The maximum absolute atomic E-state index is 12.7. The van der Waals surface area contributed by atoms with Crippen molar-refractivity contribution >= 4 is 34.1 Å². The van der Waals surface area contributed by atoms with Crippen LogP contribution in [0.2, 0.25) is 5.02 Å². The number of fused-ring (bicyclic) bond motifs is 3. The summed E-state index contributed by atoms with van der Waals surface area (Å²) < 4.78 is 5.71. The van der Waals surface area contributed by atoms with Crippen LogP contribution in [0.3, 0.4) is 0 Å². The summed E-state index contributed by atoms with van der Waals surface area (Å²) in [5.41, 5.74) is 0. The molecule has 0 aliphatic heterocycles. The molecule has 4 heteroatoms. The van der Waals surface area contributed by atoms with Crippen molar-refractivity contribution in [1.29, 1.82) is 0 Å². The number of ether oxygens (including phenoxy) is 1. The molecule has 2 unspecified atom stereocenters. The van der Waals surface area contributed by atoms with E-state index in [4.69, 9.17) is 16.3 Å². The number of esters is 1. The molecule has 2 aromatic carbocycles. The van der Waals surface area contributed by atoms with Crippen molar-refractivity contribution in [2.24, 2.45) is 17.8 Å². The van der Waals surface area contributed by atoms with Crippen LogP contribution in [0.25, 0.3) is 10.8 Å². The fourth-order valence-corrected chi connectivity index (χ4v) is 4.42. The predicted molar refractivity (Wildman–Crippen MR) is 93.2 cm³/mol. The van der Waals surface area contributed by atoms with Gasteiger partial charge in [-0.1, -0.05) is 42.3 Å². The van der Waals surface area contributed by atoms with Crippen LogP contribution in [0.4, 0.5) is 0 Å². The van der Waals surface area contributed by atoms with E-state index in [1.54, 1.807) is 12.1 Å². The normalized spacial score (nSPS) is 26.4. The third-order valence-electron chi connectivity index (χ3n) is 5.42. The maximum Gasteiger partial charge on any atom is 0.314 e. The number of rotatable bonds is 2. The van der Waals surface area contributed by atoms with Gasteiger partial charge in [-0.2, -0.15) is 0 Å². The lowest BCUT2D eigenvalue weighted by molar-refractivity contribution is -0.145. The number of halogens is 1.